The highest BCUT2D eigenvalue weighted by molar-refractivity contribution is 6.32. The van der Waals surface area contributed by atoms with E-state index >= 15 is 0 Å². The van der Waals surface area contributed by atoms with E-state index in [0.29, 0.717) is 15.6 Å². The largest absolute Gasteiger partial charge is 0.534 e. The Morgan fingerprint density at radius 3 is 2.38 bits per heavy atom. The number of hydroxylamine groups is 2. The summed E-state index contributed by atoms with van der Waals surface area (Å²) in [6, 6.07) is 3.72. The van der Waals surface area contributed by atoms with Crippen LogP contribution in [-0.2, 0) is 25.8 Å². The molecule has 2 amide bonds. The molecule has 0 aliphatic carbocycles. The third-order valence-electron chi connectivity index (χ3n) is 3.18. The first-order valence-corrected chi connectivity index (χ1v) is 6.73. The molecule has 1 saturated heterocycles. The summed E-state index contributed by atoms with van der Waals surface area (Å²) in [6.07, 6.45) is -1.04. The van der Waals surface area contributed by atoms with Gasteiger partial charge in [0.1, 0.15) is 6.61 Å². The van der Waals surface area contributed by atoms with Gasteiger partial charge < -0.3 is 4.74 Å². The zero-order valence-corrected chi connectivity index (χ0v) is 12.4. The number of halogens is 1. The normalized spacial score (nSPS) is 14.5. The van der Waals surface area contributed by atoms with Crippen LogP contribution >= 0.6 is 11.6 Å². The van der Waals surface area contributed by atoms with Crippen molar-refractivity contribution in [3.63, 3.8) is 0 Å². The lowest BCUT2D eigenvalue weighted by Crippen LogP contribution is -2.32. The minimum absolute atomic E-state index is 0.0366. The van der Waals surface area contributed by atoms with Crippen LogP contribution in [0, 0.1) is 13.8 Å². The van der Waals surface area contributed by atoms with Crippen LogP contribution in [0.1, 0.15) is 29.5 Å². The maximum Gasteiger partial charge on any atom is 0.534 e. The van der Waals surface area contributed by atoms with Gasteiger partial charge >= 0.3 is 6.16 Å². The van der Waals surface area contributed by atoms with Gasteiger partial charge in [0, 0.05) is 18.4 Å². The summed E-state index contributed by atoms with van der Waals surface area (Å²) in [4.78, 5) is 38.7. The zero-order chi connectivity index (χ0) is 15.6. The van der Waals surface area contributed by atoms with Gasteiger partial charge in [-0.1, -0.05) is 28.8 Å². The predicted molar refractivity (Wildman–Crippen MR) is 73.3 cm³/mol. The van der Waals surface area contributed by atoms with Crippen molar-refractivity contribution in [3.8, 4) is 0 Å². The molecule has 1 aromatic carbocycles. The Bertz CT molecular complexity index is 598. The molecular formula is C14H14ClNO5. The van der Waals surface area contributed by atoms with Crippen molar-refractivity contribution in [2.45, 2.75) is 33.3 Å². The highest BCUT2D eigenvalue weighted by Crippen LogP contribution is 2.24. The van der Waals surface area contributed by atoms with E-state index in [1.165, 1.54) is 0 Å². The summed E-state index contributed by atoms with van der Waals surface area (Å²) >= 11 is 6.15. The van der Waals surface area contributed by atoms with E-state index < -0.39 is 18.0 Å². The Balaban J connectivity index is 1.97. The van der Waals surface area contributed by atoms with E-state index in [-0.39, 0.29) is 19.4 Å². The second kappa shape index (κ2) is 6.13. The number of rotatable bonds is 3. The first-order chi connectivity index (χ1) is 9.90. The second-order valence-electron chi connectivity index (χ2n) is 4.70. The number of ether oxygens (including phenoxy) is 1. The molecule has 0 N–H and O–H groups in total. The third kappa shape index (κ3) is 3.33. The van der Waals surface area contributed by atoms with Gasteiger partial charge in [-0.3, -0.25) is 14.4 Å². The fraction of sp³-hybridized carbons (Fsp3) is 0.357. The summed E-state index contributed by atoms with van der Waals surface area (Å²) in [6.45, 7) is 3.58. The SMILES string of the molecule is Cc1ccc(C)c(COC(=O)ON2C(=O)CCC2=O)c1Cl. The van der Waals surface area contributed by atoms with Gasteiger partial charge in [0.2, 0.25) is 0 Å². The van der Waals surface area contributed by atoms with E-state index in [1.54, 1.807) is 0 Å². The number of imide groups is 1. The Kier molecular flexibility index (Phi) is 4.47. The summed E-state index contributed by atoms with van der Waals surface area (Å²) in [5, 5.41) is 0.948. The molecule has 0 unspecified atom stereocenters. The average Bonchev–Trinajstić information content (AvgIpc) is 2.75. The molecule has 1 aromatic rings. The number of amides is 2. The molecule has 2 rings (SSSR count). The van der Waals surface area contributed by atoms with Crippen LogP contribution in [0.15, 0.2) is 12.1 Å². The lowest BCUT2D eigenvalue weighted by Gasteiger charge is -2.14. The molecule has 1 aliphatic rings. The molecule has 0 radical (unpaired) electrons. The first-order valence-electron chi connectivity index (χ1n) is 6.35. The monoisotopic (exact) mass is 311 g/mol. The van der Waals surface area contributed by atoms with Gasteiger partial charge in [-0.15, -0.1) is 0 Å². The van der Waals surface area contributed by atoms with Crippen LogP contribution in [0.3, 0.4) is 0 Å². The van der Waals surface area contributed by atoms with Gasteiger partial charge in [0.15, 0.2) is 0 Å². The fourth-order valence-electron chi connectivity index (χ4n) is 1.90. The van der Waals surface area contributed by atoms with Crippen LogP contribution in [0.4, 0.5) is 4.79 Å². The van der Waals surface area contributed by atoms with Crippen molar-refractivity contribution >= 4 is 29.6 Å². The van der Waals surface area contributed by atoms with Crippen molar-refractivity contribution in [2.75, 3.05) is 0 Å². The minimum Gasteiger partial charge on any atom is -0.428 e. The Hall–Kier alpha value is -2.08. The minimum atomic E-state index is -1.12. The number of carbonyl (C=O) groups excluding carboxylic acids is 3. The molecular weight excluding hydrogens is 298 g/mol. The number of carbonyl (C=O) groups is 3. The van der Waals surface area contributed by atoms with Crippen molar-refractivity contribution in [1.29, 1.82) is 0 Å². The zero-order valence-electron chi connectivity index (χ0n) is 11.6. The lowest BCUT2D eigenvalue weighted by molar-refractivity contribution is -0.177. The smallest absolute Gasteiger partial charge is 0.428 e. The Morgan fingerprint density at radius 1 is 1.19 bits per heavy atom. The van der Waals surface area contributed by atoms with E-state index in [0.717, 1.165) is 11.1 Å². The van der Waals surface area contributed by atoms with Gasteiger partial charge in [0.25, 0.3) is 11.8 Å². The average molecular weight is 312 g/mol. The van der Waals surface area contributed by atoms with Gasteiger partial charge in [-0.2, -0.15) is 0 Å². The summed E-state index contributed by atoms with van der Waals surface area (Å²) in [7, 11) is 0. The second-order valence-corrected chi connectivity index (χ2v) is 5.08. The summed E-state index contributed by atoms with van der Waals surface area (Å²) in [5.74, 6) is -1.11. The van der Waals surface area contributed by atoms with Gasteiger partial charge in [0.05, 0.1) is 5.02 Å². The lowest BCUT2D eigenvalue weighted by atomic mass is 10.1. The molecule has 0 spiro atoms. The molecule has 7 heteroatoms. The van der Waals surface area contributed by atoms with Crippen molar-refractivity contribution in [3.05, 3.63) is 33.8 Å². The van der Waals surface area contributed by atoms with E-state index in [9.17, 15) is 14.4 Å². The van der Waals surface area contributed by atoms with Crippen LogP contribution < -0.4 is 0 Å². The van der Waals surface area contributed by atoms with Gasteiger partial charge in [-0.05, 0) is 25.0 Å². The van der Waals surface area contributed by atoms with Gasteiger partial charge in [-0.25, -0.2) is 4.79 Å². The molecule has 6 nitrogen and oxygen atoms in total. The van der Waals surface area contributed by atoms with Crippen LogP contribution in [0.25, 0.3) is 0 Å². The quantitative estimate of drug-likeness (QED) is 0.634. The number of nitrogens with zero attached hydrogens (tertiary/aromatic N) is 1. The maximum absolute atomic E-state index is 11.5. The standard InChI is InChI=1S/C14H14ClNO5/c1-8-3-4-9(2)13(15)10(8)7-20-14(19)21-16-11(17)5-6-12(16)18/h3-4H,5-7H2,1-2H3. The molecule has 21 heavy (non-hydrogen) atoms. The Morgan fingerprint density at radius 2 is 1.76 bits per heavy atom. The number of hydrogen-bond acceptors (Lipinski definition) is 5. The van der Waals surface area contributed by atoms with E-state index in [2.05, 4.69) is 4.84 Å². The van der Waals surface area contributed by atoms with Crippen LogP contribution in [0.5, 0.6) is 0 Å². The molecule has 1 aliphatic heterocycles. The number of hydrogen-bond donors (Lipinski definition) is 0. The molecule has 0 saturated carbocycles. The highest BCUT2D eigenvalue weighted by atomic mass is 35.5. The molecule has 0 aromatic heterocycles. The molecule has 0 bridgehead atoms. The molecule has 0 atom stereocenters. The Labute approximate surface area is 126 Å². The van der Waals surface area contributed by atoms with E-state index in [1.807, 2.05) is 26.0 Å². The summed E-state index contributed by atoms with van der Waals surface area (Å²) < 4.78 is 4.91. The number of benzene rings is 1. The topological polar surface area (TPSA) is 72.9 Å². The molecule has 112 valence electrons. The first kappa shape index (κ1) is 15.3. The predicted octanol–water partition coefficient (Wildman–Crippen LogP) is 2.67. The van der Waals surface area contributed by atoms with Crippen molar-refractivity contribution in [1.82, 2.24) is 5.06 Å². The molecule has 1 heterocycles. The highest BCUT2D eigenvalue weighted by Gasteiger charge is 2.33. The van der Waals surface area contributed by atoms with Crippen LogP contribution in [-0.4, -0.2) is 23.0 Å². The molecule has 1 fully saturated rings. The summed E-state index contributed by atoms with van der Waals surface area (Å²) in [5.41, 5.74) is 2.39. The van der Waals surface area contributed by atoms with E-state index in [4.69, 9.17) is 16.3 Å². The van der Waals surface area contributed by atoms with Crippen LogP contribution in [0.2, 0.25) is 5.02 Å². The van der Waals surface area contributed by atoms with Crippen molar-refractivity contribution < 1.29 is 24.0 Å². The third-order valence-corrected chi connectivity index (χ3v) is 3.70. The van der Waals surface area contributed by atoms with Crippen molar-refractivity contribution in [2.24, 2.45) is 0 Å². The fourth-order valence-corrected chi connectivity index (χ4v) is 2.17. The maximum atomic E-state index is 11.5. The number of aryl methyl sites for hydroxylation is 2.